The maximum atomic E-state index is 9.00. The van der Waals surface area contributed by atoms with Crippen LogP contribution in [-0.4, -0.2) is 22.3 Å². The molecule has 1 aromatic carbocycles. The van der Waals surface area contributed by atoms with Gasteiger partial charge in [0.05, 0.1) is 0 Å². The first kappa shape index (κ1) is 16.1. The first-order valence-corrected chi connectivity index (χ1v) is 4.75. The van der Waals surface area contributed by atoms with E-state index in [1.165, 1.54) is 5.56 Å². The zero-order valence-electron chi connectivity index (χ0n) is 9.77. The fraction of sp³-hybridized carbons (Fsp3) is 0.417. The van der Waals surface area contributed by atoms with Gasteiger partial charge in [-0.3, -0.25) is 4.79 Å². The summed E-state index contributed by atoms with van der Waals surface area (Å²) in [6, 6.07) is 10.3. The fourth-order valence-electron chi connectivity index (χ4n) is 0.534. The summed E-state index contributed by atoms with van der Waals surface area (Å²) < 4.78 is 0. The largest absolute Gasteiger partial charge is 0.481 e. The molecule has 0 saturated carbocycles. The number of rotatable bonds is 0. The zero-order chi connectivity index (χ0) is 12.3. The molecule has 0 unspecified atom stereocenters. The third-order valence-electron chi connectivity index (χ3n) is 0.940. The molecule has 0 aliphatic carbocycles. The van der Waals surface area contributed by atoms with Crippen molar-refractivity contribution in [3.05, 3.63) is 35.9 Å². The van der Waals surface area contributed by atoms with Crippen LogP contribution in [-0.2, 0) is 4.79 Å². The predicted molar refractivity (Wildman–Crippen MR) is 61.8 cm³/mol. The summed E-state index contributed by atoms with van der Waals surface area (Å²) in [5.74, 6) is -0.833. The average Bonchev–Trinajstić information content (AvgIpc) is 2.03. The van der Waals surface area contributed by atoms with Crippen molar-refractivity contribution in [2.75, 3.05) is 0 Å². The van der Waals surface area contributed by atoms with Crippen molar-refractivity contribution in [2.24, 2.45) is 0 Å². The molecule has 0 heterocycles. The Hall–Kier alpha value is -1.35. The number of carboxylic acids is 1. The van der Waals surface area contributed by atoms with Gasteiger partial charge in [0, 0.05) is 13.0 Å². The summed E-state index contributed by atoms with van der Waals surface area (Å²) in [5.41, 5.74) is 1.32. The minimum absolute atomic E-state index is 0.167. The van der Waals surface area contributed by atoms with Gasteiger partial charge in [-0.25, -0.2) is 0 Å². The van der Waals surface area contributed by atoms with Gasteiger partial charge in [0.15, 0.2) is 0 Å². The molecule has 0 amide bonds. The molecule has 0 aliphatic heterocycles. The Balaban J connectivity index is 0. The topological polar surface area (TPSA) is 57.5 Å². The van der Waals surface area contributed by atoms with E-state index in [0.717, 1.165) is 6.92 Å². The number of carboxylic acid groups (broad SMARTS) is 1. The number of aliphatic hydroxyl groups is 1. The van der Waals surface area contributed by atoms with Crippen LogP contribution in [0.15, 0.2) is 30.3 Å². The van der Waals surface area contributed by atoms with E-state index >= 15 is 0 Å². The van der Waals surface area contributed by atoms with Crippen LogP contribution in [0.1, 0.15) is 26.3 Å². The zero-order valence-corrected chi connectivity index (χ0v) is 9.77. The van der Waals surface area contributed by atoms with Gasteiger partial charge in [-0.1, -0.05) is 35.9 Å². The van der Waals surface area contributed by atoms with Crippen LogP contribution in [0.25, 0.3) is 0 Å². The van der Waals surface area contributed by atoms with E-state index in [9.17, 15) is 0 Å². The molecule has 15 heavy (non-hydrogen) atoms. The number of aliphatic hydroxyl groups excluding tert-OH is 1. The molecule has 0 bridgehead atoms. The van der Waals surface area contributed by atoms with Crippen LogP contribution in [0.4, 0.5) is 0 Å². The summed E-state index contributed by atoms with van der Waals surface area (Å²) in [6.45, 7) is 6.61. The Bertz CT molecular complexity index is 236. The summed E-state index contributed by atoms with van der Waals surface area (Å²) in [6.07, 6.45) is -0.167. The van der Waals surface area contributed by atoms with Gasteiger partial charge in [-0.15, -0.1) is 0 Å². The molecule has 0 radical (unpaired) electrons. The van der Waals surface area contributed by atoms with E-state index in [2.05, 4.69) is 19.1 Å². The maximum absolute atomic E-state index is 9.00. The first-order chi connectivity index (χ1) is 6.86. The molecule has 0 spiro atoms. The quantitative estimate of drug-likeness (QED) is 0.694. The minimum atomic E-state index is -0.833. The lowest BCUT2D eigenvalue weighted by atomic mass is 10.2. The Morgan fingerprint density at radius 1 is 1.20 bits per heavy atom. The van der Waals surface area contributed by atoms with Gasteiger partial charge in [-0.2, -0.15) is 0 Å². The first-order valence-electron chi connectivity index (χ1n) is 4.75. The Morgan fingerprint density at radius 2 is 1.47 bits per heavy atom. The highest BCUT2D eigenvalue weighted by Crippen LogP contribution is 1.92. The Labute approximate surface area is 91.4 Å². The second-order valence-electron chi connectivity index (χ2n) is 3.27. The highest BCUT2D eigenvalue weighted by atomic mass is 16.4. The molecule has 3 nitrogen and oxygen atoms in total. The van der Waals surface area contributed by atoms with E-state index < -0.39 is 5.97 Å². The maximum Gasteiger partial charge on any atom is 0.300 e. The second-order valence-corrected chi connectivity index (χ2v) is 3.27. The van der Waals surface area contributed by atoms with E-state index in [1.54, 1.807) is 13.8 Å². The molecule has 2 N–H and O–H groups in total. The summed E-state index contributed by atoms with van der Waals surface area (Å²) >= 11 is 0. The number of benzene rings is 1. The standard InChI is InChI=1S/C7H8.C3H8O.C2H4O2/c1-7-5-3-2-4-6-7;1-3(2)4;1-2(3)4/h2-6H,1H3;3-4H,1-2H3;1H3,(H,3,4). The monoisotopic (exact) mass is 212 g/mol. The van der Waals surface area contributed by atoms with Gasteiger partial charge in [0.2, 0.25) is 0 Å². The molecule has 86 valence electrons. The van der Waals surface area contributed by atoms with Crippen molar-refractivity contribution in [3.63, 3.8) is 0 Å². The molecular weight excluding hydrogens is 192 g/mol. The van der Waals surface area contributed by atoms with Crippen LogP contribution in [0, 0.1) is 6.92 Å². The smallest absolute Gasteiger partial charge is 0.300 e. The summed E-state index contributed by atoms with van der Waals surface area (Å²) in [7, 11) is 0. The van der Waals surface area contributed by atoms with Crippen LogP contribution in [0.2, 0.25) is 0 Å². The Morgan fingerprint density at radius 3 is 1.60 bits per heavy atom. The van der Waals surface area contributed by atoms with Crippen molar-refractivity contribution < 1.29 is 15.0 Å². The normalized spacial score (nSPS) is 8.13. The van der Waals surface area contributed by atoms with E-state index in [-0.39, 0.29) is 6.10 Å². The molecular formula is C12H20O3. The lowest BCUT2D eigenvalue weighted by molar-refractivity contribution is -0.134. The highest BCUT2D eigenvalue weighted by Gasteiger charge is 1.72. The number of carbonyl (C=O) groups is 1. The minimum Gasteiger partial charge on any atom is -0.481 e. The third-order valence-corrected chi connectivity index (χ3v) is 0.940. The Kier molecular flexibility index (Phi) is 11.5. The second kappa shape index (κ2) is 10.7. The van der Waals surface area contributed by atoms with Crippen LogP contribution in [0.5, 0.6) is 0 Å². The highest BCUT2D eigenvalue weighted by molar-refractivity contribution is 5.62. The van der Waals surface area contributed by atoms with Crippen molar-refractivity contribution in [1.82, 2.24) is 0 Å². The molecule has 0 saturated heterocycles. The molecule has 0 aromatic heterocycles. The van der Waals surface area contributed by atoms with Gasteiger partial charge in [0.25, 0.3) is 5.97 Å². The number of aliphatic carboxylic acids is 1. The number of aryl methyl sites for hydroxylation is 1. The predicted octanol–water partition coefficient (Wildman–Crippen LogP) is 2.47. The number of hydrogen-bond acceptors (Lipinski definition) is 2. The van der Waals surface area contributed by atoms with Gasteiger partial charge < -0.3 is 10.2 Å². The molecule has 1 aromatic rings. The van der Waals surface area contributed by atoms with E-state index in [1.807, 2.05) is 18.2 Å². The summed E-state index contributed by atoms with van der Waals surface area (Å²) in [5, 5.41) is 15.5. The van der Waals surface area contributed by atoms with Crippen molar-refractivity contribution in [2.45, 2.75) is 33.8 Å². The molecule has 1 rings (SSSR count). The van der Waals surface area contributed by atoms with E-state index in [0.29, 0.717) is 0 Å². The van der Waals surface area contributed by atoms with Crippen molar-refractivity contribution in [1.29, 1.82) is 0 Å². The fourth-order valence-corrected chi connectivity index (χ4v) is 0.534. The van der Waals surface area contributed by atoms with Crippen LogP contribution < -0.4 is 0 Å². The SMILES string of the molecule is CC(=O)O.CC(C)O.Cc1ccccc1. The van der Waals surface area contributed by atoms with Crippen molar-refractivity contribution >= 4 is 5.97 Å². The third kappa shape index (κ3) is 32.4. The van der Waals surface area contributed by atoms with Crippen molar-refractivity contribution in [3.8, 4) is 0 Å². The van der Waals surface area contributed by atoms with Crippen LogP contribution >= 0.6 is 0 Å². The number of hydrogen-bond donors (Lipinski definition) is 2. The van der Waals surface area contributed by atoms with Gasteiger partial charge in [-0.05, 0) is 20.8 Å². The molecule has 0 fully saturated rings. The van der Waals surface area contributed by atoms with Gasteiger partial charge >= 0.3 is 0 Å². The molecule has 0 atom stereocenters. The average molecular weight is 212 g/mol. The summed E-state index contributed by atoms with van der Waals surface area (Å²) in [4.78, 5) is 9.00. The molecule has 0 aliphatic rings. The van der Waals surface area contributed by atoms with Crippen LogP contribution in [0.3, 0.4) is 0 Å². The molecule has 3 heteroatoms. The lowest BCUT2D eigenvalue weighted by Crippen LogP contribution is -1.85. The van der Waals surface area contributed by atoms with Gasteiger partial charge in [0.1, 0.15) is 0 Å². The lowest BCUT2D eigenvalue weighted by Gasteiger charge is -1.82. The van der Waals surface area contributed by atoms with E-state index in [4.69, 9.17) is 15.0 Å².